The molecule has 0 spiro atoms. The molecule has 8 nitrogen and oxygen atoms in total. The normalized spacial score (nSPS) is 18.6. The van der Waals surface area contributed by atoms with E-state index in [1.807, 2.05) is 6.92 Å². The van der Waals surface area contributed by atoms with E-state index in [-0.39, 0.29) is 42.3 Å². The van der Waals surface area contributed by atoms with Gasteiger partial charge in [0.1, 0.15) is 5.82 Å². The smallest absolute Gasteiger partial charge is 0.259 e. The molecule has 1 unspecified atom stereocenters. The van der Waals surface area contributed by atoms with Crippen LogP contribution in [0.5, 0.6) is 0 Å². The summed E-state index contributed by atoms with van der Waals surface area (Å²) in [4.78, 5) is 17.8. The van der Waals surface area contributed by atoms with Crippen LogP contribution in [0, 0.1) is 6.92 Å². The first kappa shape index (κ1) is 19.9. The highest BCUT2D eigenvalue weighted by molar-refractivity contribution is 7.89. The van der Waals surface area contributed by atoms with Crippen molar-refractivity contribution in [1.82, 2.24) is 24.5 Å². The van der Waals surface area contributed by atoms with Crippen molar-refractivity contribution in [1.29, 1.82) is 0 Å². The van der Waals surface area contributed by atoms with Gasteiger partial charge in [-0.15, -0.1) is 12.4 Å². The van der Waals surface area contributed by atoms with Gasteiger partial charge in [-0.05, 0) is 13.8 Å². The fourth-order valence-electron chi connectivity index (χ4n) is 2.34. The fourth-order valence-corrected chi connectivity index (χ4v) is 3.41. The Morgan fingerprint density at radius 3 is 2.78 bits per heavy atom. The molecule has 1 aliphatic heterocycles. The van der Waals surface area contributed by atoms with Crippen molar-refractivity contribution >= 4 is 28.3 Å². The number of nitrogens with zero attached hydrogens (tertiary/aromatic N) is 3. The molecule has 0 radical (unpaired) electrons. The topological polar surface area (TPSA) is 96.3 Å². The first-order valence-electron chi connectivity index (χ1n) is 7.30. The van der Waals surface area contributed by atoms with Gasteiger partial charge in [0.2, 0.25) is 5.91 Å². The van der Waals surface area contributed by atoms with E-state index in [0.29, 0.717) is 18.9 Å². The average Bonchev–Trinajstić information content (AvgIpc) is 2.79. The zero-order chi connectivity index (χ0) is 16.3. The molecule has 1 fully saturated rings. The molecule has 23 heavy (non-hydrogen) atoms. The standard InChI is InChI=1S/C13H23N5O3S.ClH/c1-10-8-18(7-6-14-10)13(19)4-5-15-22(20,21)12-9-17(3)11(2)16-12;/h9-10,14-15H,4-8H2,1-3H3;1H. The van der Waals surface area contributed by atoms with E-state index >= 15 is 0 Å². The fraction of sp³-hybridized carbons (Fsp3) is 0.692. The SMILES string of the molecule is Cc1nc(S(=O)(=O)NCCC(=O)N2CCNC(C)C2)cn1C.Cl. The highest BCUT2D eigenvalue weighted by Crippen LogP contribution is 2.07. The quantitative estimate of drug-likeness (QED) is 0.742. The molecule has 1 aliphatic rings. The molecule has 10 heteroatoms. The molecule has 2 N–H and O–H groups in total. The van der Waals surface area contributed by atoms with Gasteiger partial charge in [0.15, 0.2) is 5.03 Å². The van der Waals surface area contributed by atoms with E-state index in [0.717, 1.165) is 6.54 Å². The van der Waals surface area contributed by atoms with E-state index in [9.17, 15) is 13.2 Å². The number of aromatic nitrogens is 2. The minimum Gasteiger partial charge on any atom is -0.340 e. The molecule has 1 atom stereocenters. The third-order valence-corrected chi connectivity index (χ3v) is 5.05. The summed E-state index contributed by atoms with van der Waals surface area (Å²) < 4.78 is 28.2. The van der Waals surface area contributed by atoms with Crippen LogP contribution >= 0.6 is 12.4 Å². The van der Waals surface area contributed by atoms with Crippen molar-refractivity contribution < 1.29 is 13.2 Å². The lowest BCUT2D eigenvalue weighted by Gasteiger charge is -2.32. The molecule has 2 heterocycles. The molecule has 0 saturated carbocycles. The number of rotatable bonds is 5. The molecule has 1 aromatic rings. The largest absolute Gasteiger partial charge is 0.340 e. The molecule has 1 aromatic heterocycles. The zero-order valence-corrected chi connectivity index (χ0v) is 15.2. The van der Waals surface area contributed by atoms with Gasteiger partial charge >= 0.3 is 0 Å². The maximum absolute atomic E-state index is 12.1. The van der Waals surface area contributed by atoms with E-state index in [4.69, 9.17) is 0 Å². The Morgan fingerprint density at radius 2 is 2.22 bits per heavy atom. The summed E-state index contributed by atoms with van der Waals surface area (Å²) in [6, 6.07) is 0.269. The van der Waals surface area contributed by atoms with Crippen LogP contribution in [0.25, 0.3) is 0 Å². The Balaban J connectivity index is 0.00000264. The van der Waals surface area contributed by atoms with Gasteiger partial charge in [-0.2, -0.15) is 0 Å². The highest BCUT2D eigenvalue weighted by Gasteiger charge is 2.22. The Bertz CT molecular complexity index is 627. The molecule has 0 aliphatic carbocycles. The third kappa shape index (κ3) is 5.17. The number of hydrogen-bond donors (Lipinski definition) is 2. The monoisotopic (exact) mass is 365 g/mol. The summed E-state index contributed by atoms with van der Waals surface area (Å²) in [6.07, 6.45) is 1.61. The lowest BCUT2D eigenvalue weighted by atomic mass is 10.2. The maximum Gasteiger partial charge on any atom is 0.259 e. The lowest BCUT2D eigenvalue weighted by Crippen LogP contribution is -2.51. The molecule has 1 saturated heterocycles. The summed E-state index contributed by atoms with van der Waals surface area (Å²) in [6.45, 7) is 5.92. The first-order valence-corrected chi connectivity index (χ1v) is 8.78. The van der Waals surface area contributed by atoms with Crippen molar-refractivity contribution in [3.05, 3.63) is 12.0 Å². The molecular formula is C13H24ClN5O3S. The van der Waals surface area contributed by atoms with Gasteiger partial charge < -0.3 is 14.8 Å². The van der Waals surface area contributed by atoms with Crippen molar-refractivity contribution in [2.45, 2.75) is 31.3 Å². The number of carbonyl (C=O) groups is 1. The van der Waals surface area contributed by atoms with Crippen LogP contribution in [0.3, 0.4) is 0 Å². The van der Waals surface area contributed by atoms with E-state index < -0.39 is 10.0 Å². The Kier molecular flexibility index (Phi) is 7.00. The number of imidazole rings is 1. The van der Waals surface area contributed by atoms with E-state index in [1.54, 1.807) is 23.4 Å². The number of piperazine rings is 1. The van der Waals surface area contributed by atoms with E-state index in [1.165, 1.54) is 6.20 Å². The van der Waals surface area contributed by atoms with Crippen LogP contribution in [-0.2, 0) is 21.9 Å². The number of hydrogen-bond acceptors (Lipinski definition) is 5. The van der Waals surface area contributed by atoms with Crippen LogP contribution in [0.15, 0.2) is 11.2 Å². The number of amides is 1. The summed E-state index contributed by atoms with van der Waals surface area (Å²) in [7, 11) is -1.93. The van der Waals surface area contributed by atoms with Gasteiger partial charge in [0.25, 0.3) is 10.0 Å². The number of halogens is 1. The average molecular weight is 366 g/mol. The predicted octanol–water partition coefficient (Wildman–Crippen LogP) is -0.361. The van der Waals surface area contributed by atoms with Crippen molar-refractivity contribution in [2.24, 2.45) is 7.05 Å². The summed E-state index contributed by atoms with van der Waals surface area (Å²) in [5.74, 6) is 0.583. The van der Waals surface area contributed by atoms with Crippen molar-refractivity contribution in [3.8, 4) is 0 Å². The van der Waals surface area contributed by atoms with Gasteiger partial charge in [0.05, 0.1) is 0 Å². The third-order valence-electron chi connectivity index (χ3n) is 3.71. The molecule has 0 bridgehead atoms. The Labute approximate surface area is 143 Å². The van der Waals surface area contributed by atoms with Crippen molar-refractivity contribution in [2.75, 3.05) is 26.2 Å². The second-order valence-electron chi connectivity index (χ2n) is 5.58. The number of sulfonamides is 1. The zero-order valence-electron chi connectivity index (χ0n) is 13.6. The lowest BCUT2D eigenvalue weighted by molar-refractivity contribution is -0.132. The van der Waals surface area contributed by atoms with Crippen LogP contribution < -0.4 is 10.0 Å². The molecule has 132 valence electrons. The second-order valence-corrected chi connectivity index (χ2v) is 7.29. The van der Waals surface area contributed by atoms with Crippen LogP contribution in [-0.4, -0.2) is 61.0 Å². The molecule has 1 amide bonds. The number of aryl methyl sites for hydroxylation is 2. The van der Waals surface area contributed by atoms with Crippen LogP contribution in [0.2, 0.25) is 0 Å². The van der Waals surface area contributed by atoms with E-state index in [2.05, 4.69) is 15.0 Å². The maximum atomic E-state index is 12.1. The Hall–Kier alpha value is -1.16. The summed E-state index contributed by atoms with van der Waals surface area (Å²) in [5.41, 5.74) is 0. The van der Waals surface area contributed by atoms with Crippen molar-refractivity contribution in [3.63, 3.8) is 0 Å². The number of nitrogens with one attached hydrogen (secondary N) is 2. The van der Waals surface area contributed by atoms with Gasteiger partial charge in [0, 0.05) is 51.9 Å². The Morgan fingerprint density at radius 1 is 1.52 bits per heavy atom. The summed E-state index contributed by atoms with van der Waals surface area (Å²) >= 11 is 0. The minimum absolute atomic E-state index is 0. The minimum atomic E-state index is -3.66. The second kappa shape index (κ2) is 8.09. The molecule has 0 aromatic carbocycles. The molecule has 2 rings (SSSR count). The van der Waals surface area contributed by atoms with Gasteiger partial charge in [-0.1, -0.05) is 0 Å². The molecular weight excluding hydrogens is 342 g/mol. The number of carbonyl (C=O) groups excluding carboxylic acids is 1. The predicted molar refractivity (Wildman–Crippen MR) is 89.0 cm³/mol. The van der Waals surface area contributed by atoms with Gasteiger partial charge in [-0.25, -0.2) is 18.1 Å². The van der Waals surface area contributed by atoms with Gasteiger partial charge in [-0.3, -0.25) is 4.79 Å². The van der Waals surface area contributed by atoms with Crippen LogP contribution in [0.4, 0.5) is 0 Å². The first-order chi connectivity index (χ1) is 10.3. The van der Waals surface area contributed by atoms with Crippen LogP contribution in [0.1, 0.15) is 19.2 Å². The summed E-state index contributed by atoms with van der Waals surface area (Å²) in [5, 5.41) is 3.24. The highest BCUT2D eigenvalue weighted by atomic mass is 35.5.